The minimum absolute atomic E-state index is 0.408. The fraction of sp³-hybridized carbons (Fsp3) is 0.500. The second-order valence-electron chi connectivity index (χ2n) is 4.49. The molecule has 0 aliphatic rings. The first-order chi connectivity index (χ1) is 9.72. The molecule has 0 atom stereocenters. The van der Waals surface area contributed by atoms with Gasteiger partial charge in [0.2, 0.25) is 0 Å². The van der Waals surface area contributed by atoms with Gasteiger partial charge in [0.25, 0.3) is 0 Å². The Bertz CT molecular complexity index is 526. The molecule has 2 heterocycles. The van der Waals surface area contributed by atoms with Crippen molar-refractivity contribution in [3.05, 3.63) is 29.8 Å². The Morgan fingerprint density at radius 2 is 2.15 bits per heavy atom. The normalized spacial score (nSPS) is 10.8. The lowest BCUT2D eigenvalue weighted by Crippen LogP contribution is -2.10. The Morgan fingerprint density at radius 1 is 1.30 bits per heavy atom. The Morgan fingerprint density at radius 3 is 2.80 bits per heavy atom. The summed E-state index contributed by atoms with van der Waals surface area (Å²) in [5.41, 5.74) is 0.957. The van der Waals surface area contributed by atoms with Gasteiger partial charge in [-0.1, -0.05) is 6.92 Å². The number of aromatic nitrogens is 4. The first-order valence-corrected chi connectivity index (χ1v) is 6.95. The molecule has 0 radical (unpaired) electrons. The Balaban J connectivity index is 2.29. The van der Waals surface area contributed by atoms with Crippen LogP contribution < -0.4 is 5.32 Å². The van der Waals surface area contributed by atoms with Gasteiger partial charge in [-0.2, -0.15) is 5.10 Å². The van der Waals surface area contributed by atoms with E-state index < -0.39 is 0 Å². The lowest BCUT2D eigenvalue weighted by atomic mass is 10.4. The maximum atomic E-state index is 5.39. The molecule has 6 nitrogen and oxygen atoms in total. The molecule has 1 N–H and O–H groups in total. The van der Waals surface area contributed by atoms with Gasteiger partial charge in [0, 0.05) is 25.4 Å². The van der Waals surface area contributed by atoms with Crippen LogP contribution in [0, 0.1) is 6.92 Å². The monoisotopic (exact) mass is 275 g/mol. The zero-order chi connectivity index (χ0) is 14.4. The highest BCUT2D eigenvalue weighted by Gasteiger charge is 2.07. The lowest BCUT2D eigenvalue weighted by Gasteiger charge is -2.09. The maximum Gasteiger partial charge on any atom is 0.159 e. The van der Waals surface area contributed by atoms with Crippen LogP contribution in [0.2, 0.25) is 0 Å². The van der Waals surface area contributed by atoms with Crippen molar-refractivity contribution in [1.82, 2.24) is 19.7 Å². The van der Waals surface area contributed by atoms with Gasteiger partial charge >= 0.3 is 0 Å². The van der Waals surface area contributed by atoms with E-state index in [9.17, 15) is 0 Å². The molecule has 108 valence electrons. The Kier molecular flexibility index (Phi) is 5.06. The number of anilines is 1. The second-order valence-corrected chi connectivity index (χ2v) is 4.49. The fourth-order valence-electron chi connectivity index (χ4n) is 1.74. The standard InChI is InChI=1S/C14H21N5O/c1-4-7-15-12-9-14(19-8-6-11(3)18-19)17-13(16-12)10-20-5-2/h6,8-9H,4-5,7,10H2,1-3H3,(H,15,16,17). The van der Waals surface area contributed by atoms with Crippen LogP contribution in [0.3, 0.4) is 0 Å². The van der Waals surface area contributed by atoms with Crippen molar-refractivity contribution >= 4 is 5.82 Å². The predicted octanol–water partition coefficient (Wildman–Crippen LogP) is 2.33. The second kappa shape index (κ2) is 7.00. The number of rotatable bonds is 7. The Hall–Kier alpha value is -1.95. The van der Waals surface area contributed by atoms with E-state index in [-0.39, 0.29) is 0 Å². The zero-order valence-electron chi connectivity index (χ0n) is 12.3. The maximum absolute atomic E-state index is 5.39. The molecule has 2 aromatic rings. The van der Waals surface area contributed by atoms with Crippen molar-refractivity contribution in [3.63, 3.8) is 0 Å². The van der Waals surface area contributed by atoms with Gasteiger partial charge < -0.3 is 10.1 Å². The SMILES string of the molecule is CCCNc1cc(-n2ccc(C)n2)nc(COCC)n1. The van der Waals surface area contributed by atoms with E-state index in [2.05, 4.69) is 27.3 Å². The highest BCUT2D eigenvalue weighted by molar-refractivity contribution is 5.41. The van der Waals surface area contributed by atoms with Gasteiger partial charge in [0.15, 0.2) is 11.6 Å². The van der Waals surface area contributed by atoms with Crippen molar-refractivity contribution in [2.45, 2.75) is 33.8 Å². The predicted molar refractivity (Wildman–Crippen MR) is 78.0 cm³/mol. The van der Waals surface area contributed by atoms with Gasteiger partial charge in [0.1, 0.15) is 12.4 Å². The minimum atomic E-state index is 0.408. The van der Waals surface area contributed by atoms with Crippen molar-refractivity contribution in [1.29, 1.82) is 0 Å². The quantitative estimate of drug-likeness (QED) is 0.840. The summed E-state index contributed by atoms with van der Waals surface area (Å²) in [7, 11) is 0. The molecule has 0 fully saturated rings. The highest BCUT2D eigenvalue weighted by atomic mass is 16.5. The number of nitrogens with one attached hydrogen (secondary N) is 1. The van der Waals surface area contributed by atoms with E-state index in [1.54, 1.807) is 4.68 Å². The van der Waals surface area contributed by atoms with Gasteiger partial charge in [-0.15, -0.1) is 0 Å². The minimum Gasteiger partial charge on any atom is -0.374 e. The van der Waals surface area contributed by atoms with E-state index in [4.69, 9.17) is 4.74 Å². The van der Waals surface area contributed by atoms with E-state index in [0.29, 0.717) is 19.0 Å². The van der Waals surface area contributed by atoms with E-state index >= 15 is 0 Å². The summed E-state index contributed by atoms with van der Waals surface area (Å²) in [4.78, 5) is 8.94. The molecule has 0 aliphatic heterocycles. The molecule has 0 aromatic carbocycles. The van der Waals surface area contributed by atoms with Crippen LogP contribution in [0.15, 0.2) is 18.3 Å². The molecule has 0 amide bonds. The molecule has 0 unspecified atom stereocenters. The van der Waals surface area contributed by atoms with Crippen LogP contribution >= 0.6 is 0 Å². The van der Waals surface area contributed by atoms with Crippen molar-refractivity contribution < 1.29 is 4.74 Å². The summed E-state index contributed by atoms with van der Waals surface area (Å²) in [6.45, 7) is 7.96. The molecule has 0 saturated carbocycles. The topological polar surface area (TPSA) is 64.9 Å². The third kappa shape index (κ3) is 3.77. The van der Waals surface area contributed by atoms with E-state index in [1.165, 1.54) is 0 Å². The summed E-state index contributed by atoms with van der Waals surface area (Å²) in [5.74, 6) is 2.22. The number of nitrogens with zero attached hydrogens (tertiary/aromatic N) is 4. The number of hydrogen-bond acceptors (Lipinski definition) is 5. The van der Waals surface area contributed by atoms with E-state index in [0.717, 1.165) is 30.3 Å². The van der Waals surface area contributed by atoms with Crippen LogP contribution in [0.5, 0.6) is 0 Å². The summed E-state index contributed by atoms with van der Waals surface area (Å²) in [6, 6.07) is 3.85. The molecule has 2 aromatic heterocycles. The molecular weight excluding hydrogens is 254 g/mol. The van der Waals surface area contributed by atoms with Crippen molar-refractivity contribution in [2.75, 3.05) is 18.5 Å². The van der Waals surface area contributed by atoms with Crippen LogP contribution in [-0.4, -0.2) is 32.9 Å². The van der Waals surface area contributed by atoms with Gasteiger partial charge in [-0.05, 0) is 26.3 Å². The lowest BCUT2D eigenvalue weighted by molar-refractivity contribution is 0.128. The largest absolute Gasteiger partial charge is 0.374 e. The molecular formula is C14H21N5O. The average molecular weight is 275 g/mol. The fourth-order valence-corrected chi connectivity index (χ4v) is 1.74. The van der Waals surface area contributed by atoms with Crippen LogP contribution in [0.1, 0.15) is 31.8 Å². The number of hydrogen-bond donors (Lipinski definition) is 1. The summed E-state index contributed by atoms with van der Waals surface area (Å²) >= 11 is 0. The first-order valence-electron chi connectivity index (χ1n) is 6.95. The molecule has 0 spiro atoms. The van der Waals surface area contributed by atoms with E-state index in [1.807, 2.05) is 32.2 Å². The van der Waals surface area contributed by atoms with Crippen LogP contribution in [0.4, 0.5) is 5.82 Å². The summed E-state index contributed by atoms with van der Waals surface area (Å²) in [5, 5.41) is 7.66. The van der Waals surface area contributed by atoms with Gasteiger partial charge in [-0.3, -0.25) is 0 Å². The summed E-state index contributed by atoms with van der Waals surface area (Å²) < 4.78 is 7.15. The van der Waals surface area contributed by atoms with Crippen molar-refractivity contribution in [2.24, 2.45) is 0 Å². The highest BCUT2D eigenvalue weighted by Crippen LogP contribution is 2.12. The van der Waals surface area contributed by atoms with Gasteiger partial charge in [-0.25, -0.2) is 14.6 Å². The molecule has 6 heteroatoms. The molecule has 20 heavy (non-hydrogen) atoms. The average Bonchev–Trinajstić information content (AvgIpc) is 2.89. The van der Waals surface area contributed by atoms with Crippen LogP contribution in [-0.2, 0) is 11.3 Å². The van der Waals surface area contributed by atoms with Gasteiger partial charge in [0.05, 0.1) is 5.69 Å². The third-order valence-corrected chi connectivity index (χ3v) is 2.71. The summed E-state index contributed by atoms with van der Waals surface area (Å²) in [6.07, 6.45) is 2.94. The number of aryl methyl sites for hydroxylation is 1. The van der Waals surface area contributed by atoms with Crippen molar-refractivity contribution in [3.8, 4) is 5.82 Å². The van der Waals surface area contributed by atoms with Crippen LogP contribution in [0.25, 0.3) is 5.82 Å². The zero-order valence-corrected chi connectivity index (χ0v) is 12.3. The molecule has 0 bridgehead atoms. The Labute approximate surface area is 119 Å². The molecule has 0 aliphatic carbocycles. The molecule has 2 rings (SSSR count). The third-order valence-electron chi connectivity index (χ3n) is 2.71. The molecule has 0 saturated heterocycles. The first kappa shape index (κ1) is 14.5. The number of ether oxygens (including phenoxy) is 1. The smallest absolute Gasteiger partial charge is 0.159 e.